The average molecular weight is 298 g/mol. The average Bonchev–Trinajstić information content (AvgIpc) is 2.65. The topological polar surface area (TPSA) is 71.9 Å². The first-order valence-electron chi connectivity index (χ1n) is 6.53. The van der Waals surface area contributed by atoms with E-state index in [0.717, 1.165) is 6.42 Å². The molecular weight excluding hydrogens is 283 g/mol. The fraction of sp³-hybridized carbons (Fsp3) is 0.462. The maximum atomic E-state index is 13.3. The second kappa shape index (κ2) is 4.73. The molecule has 7 heteroatoms. The van der Waals surface area contributed by atoms with Crippen molar-refractivity contribution < 1.29 is 12.8 Å². The number of H-pyrrole nitrogens is 1. The van der Waals surface area contributed by atoms with E-state index in [-0.39, 0.29) is 23.1 Å². The molecule has 0 radical (unpaired) electrons. The number of aromatic nitrogens is 2. The highest BCUT2D eigenvalue weighted by molar-refractivity contribution is 7.91. The summed E-state index contributed by atoms with van der Waals surface area (Å²) in [4.78, 5) is 14.6. The summed E-state index contributed by atoms with van der Waals surface area (Å²) in [6.45, 7) is 0.307. The van der Waals surface area contributed by atoms with Crippen molar-refractivity contribution in [3.63, 3.8) is 0 Å². The minimum absolute atomic E-state index is 0.0892. The Morgan fingerprint density at radius 1 is 1.40 bits per heavy atom. The van der Waals surface area contributed by atoms with Crippen molar-refractivity contribution in [1.82, 2.24) is 9.55 Å². The van der Waals surface area contributed by atoms with Crippen molar-refractivity contribution >= 4 is 20.9 Å². The largest absolute Gasteiger partial charge is 0.326 e. The lowest BCUT2D eigenvalue weighted by Crippen LogP contribution is -2.31. The van der Waals surface area contributed by atoms with Gasteiger partial charge in [-0.05, 0) is 37.0 Å². The predicted molar refractivity (Wildman–Crippen MR) is 73.9 cm³/mol. The smallest absolute Gasteiger partial charge is 0.306 e. The van der Waals surface area contributed by atoms with E-state index in [1.54, 1.807) is 0 Å². The molecule has 20 heavy (non-hydrogen) atoms. The molecule has 0 saturated carbocycles. The third kappa shape index (κ3) is 2.49. The van der Waals surface area contributed by atoms with Crippen LogP contribution >= 0.6 is 0 Å². The maximum absolute atomic E-state index is 13.3. The van der Waals surface area contributed by atoms with Gasteiger partial charge in [0.1, 0.15) is 5.82 Å². The molecule has 1 N–H and O–H groups in total. The standard InChI is InChI=1S/C13H15FN2O3S/c14-10-3-4-11-12(6-10)16(13(17)15-11)7-9-2-1-5-20(18,19)8-9/h3-4,6,9H,1-2,5,7-8H2,(H,15,17). The number of nitrogens with zero attached hydrogens (tertiary/aromatic N) is 1. The summed E-state index contributed by atoms with van der Waals surface area (Å²) in [7, 11) is -3.01. The molecule has 0 aliphatic carbocycles. The summed E-state index contributed by atoms with van der Waals surface area (Å²) in [5, 5.41) is 0. The summed E-state index contributed by atoms with van der Waals surface area (Å²) in [5.74, 6) is -0.183. The Bertz CT molecular complexity index is 807. The minimum atomic E-state index is -3.01. The number of rotatable bonds is 2. The molecule has 108 valence electrons. The van der Waals surface area contributed by atoms with E-state index < -0.39 is 15.7 Å². The Labute approximate surface area is 115 Å². The molecule has 1 aliphatic heterocycles. The van der Waals surface area contributed by atoms with Crippen LogP contribution in [-0.2, 0) is 16.4 Å². The zero-order chi connectivity index (χ0) is 14.3. The quantitative estimate of drug-likeness (QED) is 0.908. The number of benzene rings is 1. The van der Waals surface area contributed by atoms with Gasteiger partial charge in [0.05, 0.1) is 22.5 Å². The van der Waals surface area contributed by atoms with Gasteiger partial charge >= 0.3 is 5.69 Å². The van der Waals surface area contributed by atoms with Gasteiger partial charge in [-0.15, -0.1) is 0 Å². The van der Waals surface area contributed by atoms with Crippen molar-refractivity contribution in [2.24, 2.45) is 5.92 Å². The van der Waals surface area contributed by atoms with Crippen LogP contribution in [0.1, 0.15) is 12.8 Å². The van der Waals surface area contributed by atoms with Crippen LogP contribution in [0.25, 0.3) is 11.0 Å². The molecule has 1 saturated heterocycles. The number of fused-ring (bicyclic) bond motifs is 1. The van der Waals surface area contributed by atoms with Gasteiger partial charge in [-0.25, -0.2) is 17.6 Å². The second-order valence-electron chi connectivity index (χ2n) is 5.32. The van der Waals surface area contributed by atoms with Crippen molar-refractivity contribution in [1.29, 1.82) is 0 Å². The van der Waals surface area contributed by atoms with Crippen LogP contribution in [0.15, 0.2) is 23.0 Å². The van der Waals surface area contributed by atoms with E-state index in [9.17, 15) is 17.6 Å². The number of imidazole rings is 1. The van der Waals surface area contributed by atoms with E-state index in [4.69, 9.17) is 0 Å². The minimum Gasteiger partial charge on any atom is -0.306 e. The molecule has 1 atom stereocenters. The lowest BCUT2D eigenvalue weighted by Gasteiger charge is -2.22. The summed E-state index contributed by atoms with van der Waals surface area (Å²) >= 11 is 0. The molecule has 1 unspecified atom stereocenters. The molecule has 1 aromatic heterocycles. The van der Waals surface area contributed by atoms with Crippen LogP contribution in [-0.4, -0.2) is 29.5 Å². The first kappa shape index (κ1) is 13.4. The summed E-state index contributed by atoms with van der Waals surface area (Å²) in [6.07, 6.45) is 1.39. The van der Waals surface area contributed by atoms with Crippen LogP contribution in [0.5, 0.6) is 0 Å². The van der Waals surface area contributed by atoms with Crippen molar-refractivity contribution in [3.05, 3.63) is 34.5 Å². The van der Waals surface area contributed by atoms with Crippen LogP contribution in [0.2, 0.25) is 0 Å². The molecule has 0 bridgehead atoms. The molecule has 0 amide bonds. The summed E-state index contributed by atoms with van der Waals surface area (Å²) in [6, 6.07) is 4.10. The molecule has 1 aromatic carbocycles. The Balaban J connectivity index is 1.96. The van der Waals surface area contributed by atoms with Crippen LogP contribution in [0.3, 0.4) is 0 Å². The molecule has 2 heterocycles. The first-order chi connectivity index (χ1) is 9.44. The Morgan fingerprint density at radius 3 is 2.95 bits per heavy atom. The number of hydrogen-bond acceptors (Lipinski definition) is 3. The normalized spacial score (nSPS) is 22.1. The zero-order valence-corrected chi connectivity index (χ0v) is 11.6. The van der Waals surface area contributed by atoms with Crippen molar-refractivity contribution in [2.45, 2.75) is 19.4 Å². The molecule has 1 aliphatic rings. The van der Waals surface area contributed by atoms with Gasteiger partial charge in [0.15, 0.2) is 9.84 Å². The van der Waals surface area contributed by atoms with Gasteiger partial charge in [-0.3, -0.25) is 4.57 Å². The van der Waals surface area contributed by atoms with Crippen molar-refractivity contribution in [3.8, 4) is 0 Å². The zero-order valence-electron chi connectivity index (χ0n) is 10.8. The summed E-state index contributed by atoms with van der Waals surface area (Å²) in [5.41, 5.74) is 0.724. The number of nitrogens with one attached hydrogen (secondary N) is 1. The van der Waals surface area contributed by atoms with Gasteiger partial charge in [0.25, 0.3) is 0 Å². The Morgan fingerprint density at radius 2 is 2.20 bits per heavy atom. The number of hydrogen-bond donors (Lipinski definition) is 1. The number of sulfone groups is 1. The van der Waals surface area contributed by atoms with E-state index in [0.29, 0.717) is 24.0 Å². The highest BCUT2D eigenvalue weighted by Gasteiger charge is 2.25. The summed E-state index contributed by atoms with van der Waals surface area (Å²) < 4.78 is 38.0. The number of halogens is 1. The van der Waals surface area contributed by atoms with Gasteiger partial charge in [0, 0.05) is 6.54 Å². The fourth-order valence-electron chi connectivity index (χ4n) is 2.83. The second-order valence-corrected chi connectivity index (χ2v) is 7.55. The molecule has 1 fully saturated rings. The van der Waals surface area contributed by atoms with Crippen LogP contribution in [0, 0.1) is 11.7 Å². The van der Waals surface area contributed by atoms with Gasteiger partial charge in [-0.1, -0.05) is 0 Å². The molecule has 0 spiro atoms. The number of aromatic amines is 1. The van der Waals surface area contributed by atoms with Crippen molar-refractivity contribution in [2.75, 3.05) is 11.5 Å². The van der Waals surface area contributed by atoms with Crippen LogP contribution in [0.4, 0.5) is 4.39 Å². The third-order valence-electron chi connectivity index (χ3n) is 3.74. The maximum Gasteiger partial charge on any atom is 0.326 e. The van der Waals surface area contributed by atoms with E-state index in [1.807, 2.05) is 0 Å². The molecule has 3 rings (SSSR count). The van der Waals surface area contributed by atoms with Gasteiger partial charge in [0.2, 0.25) is 0 Å². The molecular formula is C13H15FN2O3S. The van der Waals surface area contributed by atoms with E-state index in [2.05, 4.69) is 4.98 Å². The monoisotopic (exact) mass is 298 g/mol. The van der Waals surface area contributed by atoms with Gasteiger partial charge in [-0.2, -0.15) is 0 Å². The fourth-order valence-corrected chi connectivity index (χ4v) is 4.59. The SMILES string of the molecule is O=c1[nH]c2ccc(F)cc2n1CC1CCCS(=O)(=O)C1. The van der Waals surface area contributed by atoms with E-state index >= 15 is 0 Å². The lowest BCUT2D eigenvalue weighted by molar-refractivity contribution is 0.426. The first-order valence-corrected chi connectivity index (χ1v) is 8.35. The van der Waals surface area contributed by atoms with Gasteiger partial charge < -0.3 is 4.98 Å². The molecule has 5 nitrogen and oxygen atoms in total. The van der Waals surface area contributed by atoms with Crippen LogP contribution < -0.4 is 5.69 Å². The highest BCUT2D eigenvalue weighted by Crippen LogP contribution is 2.21. The van der Waals surface area contributed by atoms with E-state index in [1.165, 1.54) is 22.8 Å². The third-order valence-corrected chi connectivity index (χ3v) is 5.63. The Kier molecular flexibility index (Phi) is 3.16. The highest BCUT2D eigenvalue weighted by atomic mass is 32.2. The molecule has 2 aromatic rings. The predicted octanol–water partition coefficient (Wildman–Crippen LogP) is 1.29. The Hall–Kier alpha value is -1.63. The lowest BCUT2D eigenvalue weighted by atomic mass is 10.1.